The summed E-state index contributed by atoms with van der Waals surface area (Å²) in [5.74, 6) is -0.769. The highest BCUT2D eigenvalue weighted by atomic mass is 32.2. The zero-order valence-corrected chi connectivity index (χ0v) is 15.9. The lowest BCUT2D eigenvalue weighted by molar-refractivity contribution is 0.0979. The highest BCUT2D eigenvalue weighted by Gasteiger charge is 2.33. The van der Waals surface area contributed by atoms with Crippen molar-refractivity contribution in [3.63, 3.8) is 0 Å². The molecule has 0 saturated heterocycles. The molecule has 1 aromatic heterocycles. The average molecular weight is 383 g/mol. The first-order valence-corrected chi connectivity index (χ1v) is 10.2. The van der Waals surface area contributed by atoms with Gasteiger partial charge >= 0.3 is 5.91 Å². The van der Waals surface area contributed by atoms with Crippen molar-refractivity contribution in [1.82, 2.24) is 0 Å². The monoisotopic (exact) mass is 383 g/mol. The smallest absolute Gasteiger partial charge is 0.307 e. The number of anilines is 1. The van der Waals surface area contributed by atoms with Crippen LogP contribution in [-0.2, 0) is 16.4 Å². The number of rotatable bonds is 7. The molecule has 3 aromatic rings. The summed E-state index contributed by atoms with van der Waals surface area (Å²) in [6.07, 6.45) is 4.38. The minimum atomic E-state index is -4.09. The van der Waals surface area contributed by atoms with Crippen LogP contribution in [-0.4, -0.2) is 14.3 Å². The second-order valence-corrected chi connectivity index (χ2v) is 7.92. The topological polar surface area (TPSA) is 67.6 Å². The van der Waals surface area contributed by atoms with Gasteiger partial charge in [0.05, 0.1) is 16.8 Å². The zero-order chi connectivity index (χ0) is 19.3. The van der Waals surface area contributed by atoms with Gasteiger partial charge in [-0.05, 0) is 54.8 Å². The van der Waals surface area contributed by atoms with E-state index in [4.69, 9.17) is 4.42 Å². The Kier molecular flexibility index (Phi) is 5.76. The summed E-state index contributed by atoms with van der Waals surface area (Å²) in [5, 5.41) is 0. The fourth-order valence-electron chi connectivity index (χ4n) is 2.74. The highest BCUT2D eigenvalue weighted by molar-refractivity contribution is 7.93. The Morgan fingerprint density at radius 2 is 1.67 bits per heavy atom. The summed E-state index contributed by atoms with van der Waals surface area (Å²) in [6.45, 7) is 2.12. The summed E-state index contributed by atoms with van der Waals surface area (Å²) >= 11 is 0. The molecule has 0 N–H and O–H groups in total. The third kappa shape index (κ3) is 4.11. The van der Waals surface area contributed by atoms with E-state index in [0.717, 1.165) is 29.1 Å². The van der Waals surface area contributed by atoms with Crippen molar-refractivity contribution in [3.05, 3.63) is 84.3 Å². The van der Waals surface area contributed by atoms with Crippen LogP contribution in [0.4, 0.5) is 5.69 Å². The molecule has 0 spiro atoms. The van der Waals surface area contributed by atoms with Crippen molar-refractivity contribution >= 4 is 21.6 Å². The van der Waals surface area contributed by atoms with Crippen LogP contribution in [0.15, 0.2) is 82.3 Å². The molecule has 5 nitrogen and oxygen atoms in total. The van der Waals surface area contributed by atoms with Crippen LogP contribution in [0.1, 0.15) is 35.9 Å². The van der Waals surface area contributed by atoms with Crippen LogP contribution in [0.25, 0.3) is 0 Å². The molecule has 0 saturated carbocycles. The van der Waals surface area contributed by atoms with Gasteiger partial charge in [-0.25, -0.2) is 8.42 Å². The van der Waals surface area contributed by atoms with Crippen LogP contribution in [0.2, 0.25) is 0 Å². The molecule has 0 fully saturated rings. The number of carbonyl (C=O) groups is 1. The maximum Gasteiger partial charge on any atom is 0.307 e. The number of nitrogens with zero attached hydrogens (tertiary/aromatic N) is 1. The fraction of sp³-hybridized carbons (Fsp3) is 0.190. The summed E-state index contributed by atoms with van der Waals surface area (Å²) in [5.41, 5.74) is 1.38. The van der Waals surface area contributed by atoms with Crippen LogP contribution in [0.5, 0.6) is 0 Å². The lowest BCUT2D eigenvalue weighted by Gasteiger charge is -2.22. The second kappa shape index (κ2) is 8.22. The Balaban J connectivity index is 2.04. The van der Waals surface area contributed by atoms with Crippen molar-refractivity contribution in [2.75, 3.05) is 4.31 Å². The van der Waals surface area contributed by atoms with E-state index in [1.54, 1.807) is 36.4 Å². The van der Waals surface area contributed by atoms with Gasteiger partial charge in [-0.2, -0.15) is 4.31 Å². The maximum atomic E-state index is 13.2. The number of unbranched alkanes of at least 4 members (excludes halogenated alkanes) is 1. The molecular formula is C21H21NO4S. The van der Waals surface area contributed by atoms with E-state index in [1.165, 1.54) is 24.5 Å². The molecule has 0 bridgehead atoms. The third-order valence-corrected chi connectivity index (χ3v) is 5.91. The number of sulfonamides is 1. The predicted molar refractivity (Wildman–Crippen MR) is 104 cm³/mol. The lowest BCUT2D eigenvalue weighted by Crippen LogP contribution is -2.36. The Labute approximate surface area is 159 Å². The summed E-state index contributed by atoms with van der Waals surface area (Å²) in [6, 6.07) is 17.9. The number of benzene rings is 2. The number of amides is 1. The molecule has 2 aromatic carbocycles. The van der Waals surface area contributed by atoms with Gasteiger partial charge in [-0.15, -0.1) is 0 Å². The largest absolute Gasteiger partial charge is 0.459 e. The first kappa shape index (κ1) is 18.9. The van der Waals surface area contributed by atoms with E-state index >= 15 is 0 Å². The van der Waals surface area contributed by atoms with E-state index in [-0.39, 0.29) is 16.3 Å². The Bertz CT molecular complexity index is 978. The van der Waals surface area contributed by atoms with Crippen molar-refractivity contribution in [2.24, 2.45) is 0 Å². The summed E-state index contributed by atoms with van der Waals surface area (Å²) in [7, 11) is -4.09. The van der Waals surface area contributed by atoms with Crippen molar-refractivity contribution in [3.8, 4) is 0 Å². The van der Waals surface area contributed by atoms with Crippen LogP contribution in [0, 0.1) is 0 Å². The Morgan fingerprint density at radius 1 is 0.963 bits per heavy atom. The van der Waals surface area contributed by atoms with E-state index < -0.39 is 15.9 Å². The molecule has 27 heavy (non-hydrogen) atoms. The number of carbonyl (C=O) groups excluding carboxylic acids is 1. The van der Waals surface area contributed by atoms with E-state index in [2.05, 4.69) is 6.92 Å². The van der Waals surface area contributed by atoms with E-state index in [1.807, 2.05) is 12.1 Å². The standard InChI is InChI=1S/C21H21NO4S/c1-2-3-8-17-12-14-18(15-13-17)22(21(23)20-11-7-16-26-20)27(24,25)19-9-5-4-6-10-19/h4-7,9-16H,2-3,8H2,1H3. The number of aryl methyl sites for hydroxylation is 1. The third-order valence-electron chi connectivity index (χ3n) is 4.19. The molecule has 1 amide bonds. The van der Waals surface area contributed by atoms with Gasteiger partial charge in [0.1, 0.15) is 0 Å². The molecule has 1 heterocycles. The van der Waals surface area contributed by atoms with Gasteiger partial charge in [0.15, 0.2) is 5.76 Å². The number of hydrogen-bond donors (Lipinski definition) is 0. The molecule has 6 heteroatoms. The van der Waals surface area contributed by atoms with Crippen LogP contribution < -0.4 is 4.31 Å². The summed E-state index contributed by atoms with van der Waals surface area (Å²) in [4.78, 5) is 13.0. The number of furan rings is 1. The molecule has 0 radical (unpaired) electrons. The van der Waals surface area contributed by atoms with Gasteiger partial charge in [0, 0.05) is 0 Å². The first-order chi connectivity index (χ1) is 13.0. The van der Waals surface area contributed by atoms with Gasteiger partial charge in [-0.3, -0.25) is 4.79 Å². The lowest BCUT2D eigenvalue weighted by atomic mass is 10.1. The highest BCUT2D eigenvalue weighted by Crippen LogP contribution is 2.26. The van der Waals surface area contributed by atoms with Gasteiger partial charge < -0.3 is 4.42 Å². The van der Waals surface area contributed by atoms with Gasteiger partial charge in [0.25, 0.3) is 10.0 Å². The van der Waals surface area contributed by atoms with Crippen LogP contribution in [0.3, 0.4) is 0 Å². The number of hydrogen-bond acceptors (Lipinski definition) is 4. The maximum absolute atomic E-state index is 13.2. The predicted octanol–water partition coefficient (Wildman–Crippen LogP) is 4.66. The first-order valence-electron chi connectivity index (χ1n) is 8.81. The average Bonchev–Trinajstić information content (AvgIpc) is 3.23. The Morgan fingerprint density at radius 3 is 2.26 bits per heavy atom. The van der Waals surface area contributed by atoms with Crippen molar-refractivity contribution < 1.29 is 17.6 Å². The molecule has 140 valence electrons. The molecule has 0 unspecified atom stereocenters. The molecule has 0 aliphatic heterocycles. The molecule has 3 rings (SSSR count). The molecular weight excluding hydrogens is 362 g/mol. The zero-order valence-electron chi connectivity index (χ0n) is 15.0. The van der Waals surface area contributed by atoms with Crippen molar-refractivity contribution in [1.29, 1.82) is 0 Å². The second-order valence-electron chi connectivity index (χ2n) is 6.13. The van der Waals surface area contributed by atoms with E-state index in [0.29, 0.717) is 0 Å². The Hall–Kier alpha value is -2.86. The minimum absolute atomic E-state index is 0.0374. The fourth-order valence-corrected chi connectivity index (χ4v) is 4.16. The van der Waals surface area contributed by atoms with Crippen molar-refractivity contribution in [2.45, 2.75) is 31.1 Å². The molecule has 0 aliphatic carbocycles. The SMILES string of the molecule is CCCCc1ccc(N(C(=O)c2ccco2)S(=O)(=O)c2ccccc2)cc1. The van der Waals surface area contributed by atoms with Gasteiger partial charge in [-0.1, -0.05) is 43.7 Å². The molecule has 0 aliphatic rings. The normalized spacial score (nSPS) is 11.3. The molecule has 0 atom stereocenters. The summed E-state index contributed by atoms with van der Waals surface area (Å²) < 4.78 is 32.3. The van der Waals surface area contributed by atoms with Gasteiger partial charge in [0.2, 0.25) is 0 Å². The minimum Gasteiger partial charge on any atom is -0.459 e. The van der Waals surface area contributed by atoms with E-state index in [9.17, 15) is 13.2 Å². The quantitative estimate of drug-likeness (QED) is 0.595. The van der Waals surface area contributed by atoms with Crippen LogP contribution >= 0.6 is 0 Å².